The van der Waals surface area contributed by atoms with Crippen molar-refractivity contribution in [2.45, 2.75) is 45.4 Å². The summed E-state index contributed by atoms with van der Waals surface area (Å²) in [6, 6.07) is 20.2. The summed E-state index contributed by atoms with van der Waals surface area (Å²) >= 11 is 0. The number of anilines is 2. The second kappa shape index (κ2) is 9.69. The number of nitrogens with one attached hydrogen (secondary N) is 2. The number of ether oxygens (including phenoxy) is 1. The molecule has 1 fully saturated rings. The van der Waals surface area contributed by atoms with Crippen LogP contribution >= 0.6 is 0 Å². The van der Waals surface area contributed by atoms with Crippen LogP contribution in [0.15, 0.2) is 73.1 Å². The Balaban J connectivity index is 1.31. The molecule has 0 aliphatic carbocycles. The number of hydrogen-bond acceptors (Lipinski definition) is 4. The lowest BCUT2D eigenvalue weighted by Crippen LogP contribution is -2.27. The molecule has 3 aromatic carbocycles. The van der Waals surface area contributed by atoms with Crippen molar-refractivity contribution in [1.82, 2.24) is 15.1 Å². The Kier molecular flexibility index (Phi) is 6.32. The SMILES string of the molecule is Cc1ccc(Nc2cnn(C3CCCCO3)c2)cc1C(=O)N[C@H](C)c1cccc2ccccc12. The van der Waals surface area contributed by atoms with Gasteiger partial charge in [0, 0.05) is 17.9 Å². The van der Waals surface area contributed by atoms with Gasteiger partial charge >= 0.3 is 0 Å². The predicted molar refractivity (Wildman–Crippen MR) is 135 cm³/mol. The summed E-state index contributed by atoms with van der Waals surface area (Å²) in [4.78, 5) is 13.2. The highest BCUT2D eigenvalue weighted by atomic mass is 16.5. The topological polar surface area (TPSA) is 68.2 Å². The zero-order valence-corrected chi connectivity index (χ0v) is 19.6. The van der Waals surface area contributed by atoms with Crippen LogP contribution in [-0.4, -0.2) is 22.3 Å². The molecule has 1 aliphatic rings. The zero-order chi connectivity index (χ0) is 23.5. The first-order valence-electron chi connectivity index (χ1n) is 11.9. The van der Waals surface area contributed by atoms with Crippen LogP contribution in [-0.2, 0) is 4.74 Å². The molecule has 0 spiro atoms. The summed E-state index contributed by atoms with van der Waals surface area (Å²) in [5.74, 6) is -0.0899. The van der Waals surface area contributed by atoms with Crippen molar-refractivity contribution in [1.29, 1.82) is 0 Å². The Hall–Kier alpha value is -3.64. The van der Waals surface area contributed by atoms with Gasteiger partial charge in [-0.3, -0.25) is 4.79 Å². The van der Waals surface area contributed by atoms with E-state index in [0.29, 0.717) is 5.56 Å². The third kappa shape index (κ3) is 4.68. The number of nitrogens with zero attached hydrogens (tertiary/aromatic N) is 2. The Morgan fingerprint density at radius 2 is 1.94 bits per heavy atom. The minimum absolute atomic E-state index is 0.000730. The molecular formula is C28H30N4O2. The molecule has 1 unspecified atom stereocenters. The maximum atomic E-state index is 13.2. The van der Waals surface area contributed by atoms with Gasteiger partial charge in [0.05, 0.1) is 24.1 Å². The standard InChI is InChI=1S/C28H30N4O2/c1-19-13-14-22(31-23-17-29-32(18-23)27-12-5-6-15-34-27)16-26(19)28(33)30-20(2)24-11-7-9-21-8-3-4-10-25(21)24/h3-4,7-11,13-14,16-18,20,27,31H,5-6,12,15H2,1-2H3,(H,30,33)/t20-,27?/m1/s1. The first-order valence-corrected chi connectivity index (χ1v) is 11.9. The largest absolute Gasteiger partial charge is 0.357 e. The monoisotopic (exact) mass is 454 g/mol. The highest BCUT2D eigenvalue weighted by molar-refractivity contribution is 5.97. The minimum atomic E-state index is -0.122. The van der Waals surface area contributed by atoms with Crippen LogP contribution in [0.2, 0.25) is 0 Å². The number of aryl methyl sites for hydroxylation is 1. The number of amides is 1. The van der Waals surface area contributed by atoms with E-state index in [1.54, 1.807) is 6.20 Å². The molecule has 4 aromatic rings. The molecule has 0 radical (unpaired) electrons. The molecule has 2 heterocycles. The molecule has 2 N–H and O–H groups in total. The van der Waals surface area contributed by atoms with Gasteiger partial charge in [-0.1, -0.05) is 48.5 Å². The first-order chi connectivity index (χ1) is 16.6. The summed E-state index contributed by atoms with van der Waals surface area (Å²) in [7, 11) is 0. The summed E-state index contributed by atoms with van der Waals surface area (Å²) in [6.45, 7) is 4.76. The fraction of sp³-hybridized carbons (Fsp3) is 0.286. The molecule has 1 aromatic heterocycles. The van der Waals surface area contributed by atoms with E-state index in [1.807, 2.05) is 61.1 Å². The van der Waals surface area contributed by atoms with Gasteiger partial charge in [0.15, 0.2) is 0 Å². The quantitative estimate of drug-likeness (QED) is 0.360. The van der Waals surface area contributed by atoms with Crippen LogP contribution in [0, 0.1) is 6.92 Å². The summed E-state index contributed by atoms with van der Waals surface area (Å²) in [6.07, 6.45) is 6.99. The van der Waals surface area contributed by atoms with E-state index in [-0.39, 0.29) is 18.2 Å². The van der Waals surface area contributed by atoms with Crippen molar-refractivity contribution in [2.75, 3.05) is 11.9 Å². The number of carbonyl (C=O) groups is 1. The maximum Gasteiger partial charge on any atom is 0.252 e. The normalized spacial score (nSPS) is 16.8. The van der Waals surface area contributed by atoms with E-state index in [2.05, 4.69) is 40.0 Å². The third-order valence-corrected chi connectivity index (χ3v) is 6.46. The highest BCUT2D eigenvalue weighted by Crippen LogP contribution is 2.27. The second-order valence-electron chi connectivity index (χ2n) is 8.95. The molecule has 1 saturated heterocycles. The Morgan fingerprint density at radius 1 is 1.09 bits per heavy atom. The second-order valence-corrected chi connectivity index (χ2v) is 8.95. The van der Waals surface area contributed by atoms with Gasteiger partial charge in [0.1, 0.15) is 6.23 Å². The van der Waals surface area contributed by atoms with Gasteiger partial charge in [0.25, 0.3) is 5.91 Å². The smallest absolute Gasteiger partial charge is 0.252 e. The minimum Gasteiger partial charge on any atom is -0.357 e. The predicted octanol–water partition coefficient (Wildman–Crippen LogP) is 6.28. The van der Waals surface area contributed by atoms with Gasteiger partial charge < -0.3 is 15.4 Å². The van der Waals surface area contributed by atoms with E-state index >= 15 is 0 Å². The molecule has 174 valence electrons. The molecule has 6 heteroatoms. The Bertz CT molecular complexity index is 1300. The van der Waals surface area contributed by atoms with E-state index in [0.717, 1.165) is 53.8 Å². The lowest BCUT2D eigenvalue weighted by atomic mass is 9.99. The molecule has 5 rings (SSSR count). The average Bonchev–Trinajstić information content (AvgIpc) is 3.34. The molecule has 6 nitrogen and oxygen atoms in total. The van der Waals surface area contributed by atoms with Gasteiger partial charge in [-0.25, -0.2) is 4.68 Å². The zero-order valence-electron chi connectivity index (χ0n) is 19.6. The number of carbonyl (C=O) groups excluding carboxylic acids is 1. The van der Waals surface area contributed by atoms with Crippen LogP contribution in [0.3, 0.4) is 0 Å². The fourth-order valence-electron chi connectivity index (χ4n) is 4.58. The van der Waals surface area contributed by atoms with Crippen LogP contribution < -0.4 is 10.6 Å². The van der Waals surface area contributed by atoms with E-state index in [1.165, 1.54) is 5.39 Å². The number of benzene rings is 3. The molecule has 34 heavy (non-hydrogen) atoms. The molecule has 1 aliphatic heterocycles. The average molecular weight is 455 g/mol. The van der Waals surface area contributed by atoms with Crippen molar-refractivity contribution < 1.29 is 9.53 Å². The van der Waals surface area contributed by atoms with Crippen molar-refractivity contribution in [3.8, 4) is 0 Å². The van der Waals surface area contributed by atoms with Crippen molar-refractivity contribution in [2.24, 2.45) is 0 Å². The fourth-order valence-corrected chi connectivity index (χ4v) is 4.58. The molecule has 2 atom stereocenters. The van der Waals surface area contributed by atoms with Crippen molar-refractivity contribution in [3.05, 3.63) is 89.7 Å². The molecule has 0 bridgehead atoms. The van der Waals surface area contributed by atoms with Crippen molar-refractivity contribution >= 4 is 28.1 Å². The molecular weight excluding hydrogens is 424 g/mol. The summed E-state index contributed by atoms with van der Waals surface area (Å²) in [5.41, 5.74) is 4.40. The van der Waals surface area contributed by atoms with Crippen LogP contribution in [0.4, 0.5) is 11.4 Å². The van der Waals surface area contributed by atoms with Gasteiger partial charge in [0.2, 0.25) is 0 Å². The van der Waals surface area contributed by atoms with Crippen LogP contribution in [0.1, 0.15) is 59.9 Å². The van der Waals surface area contributed by atoms with Gasteiger partial charge in [-0.05, 0) is 67.1 Å². The van der Waals surface area contributed by atoms with Gasteiger partial charge in [-0.2, -0.15) is 5.10 Å². The number of fused-ring (bicyclic) bond motifs is 1. The summed E-state index contributed by atoms with van der Waals surface area (Å²) in [5, 5.41) is 13.3. The Morgan fingerprint density at radius 3 is 2.79 bits per heavy atom. The molecule has 1 amide bonds. The Labute approximate surface area is 199 Å². The van der Waals surface area contributed by atoms with E-state index in [4.69, 9.17) is 4.74 Å². The first kappa shape index (κ1) is 22.2. The van der Waals surface area contributed by atoms with Crippen LogP contribution in [0.25, 0.3) is 10.8 Å². The van der Waals surface area contributed by atoms with E-state index in [9.17, 15) is 4.79 Å². The number of rotatable bonds is 6. The van der Waals surface area contributed by atoms with Crippen molar-refractivity contribution in [3.63, 3.8) is 0 Å². The maximum absolute atomic E-state index is 13.2. The van der Waals surface area contributed by atoms with Gasteiger partial charge in [-0.15, -0.1) is 0 Å². The molecule has 0 saturated carbocycles. The summed E-state index contributed by atoms with van der Waals surface area (Å²) < 4.78 is 7.68. The third-order valence-electron chi connectivity index (χ3n) is 6.46. The lowest BCUT2D eigenvalue weighted by molar-refractivity contribution is -0.0394. The highest BCUT2D eigenvalue weighted by Gasteiger charge is 2.18. The van der Waals surface area contributed by atoms with Crippen LogP contribution in [0.5, 0.6) is 0 Å². The number of aromatic nitrogens is 2. The number of hydrogen-bond donors (Lipinski definition) is 2. The lowest BCUT2D eigenvalue weighted by Gasteiger charge is -2.22. The van der Waals surface area contributed by atoms with E-state index < -0.39 is 0 Å².